The molecular weight excluding hydrogens is 891 g/mol. The number of amides is 2. The van der Waals surface area contributed by atoms with E-state index in [1.165, 1.54) is 22.5 Å². The number of rotatable bonds is 4. The van der Waals surface area contributed by atoms with Gasteiger partial charge in [-0.05, 0) is 117 Å². The normalized spacial score (nSPS) is 22.7. The zero-order valence-corrected chi connectivity index (χ0v) is 41.7. The molecule has 2 saturated heterocycles. The summed E-state index contributed by atoms with van der Waals surface area (Å²) in [5.41, 5.74) is 9.93. The van der Waals surface area contributed by atoms with Gasteiger partial charge in [0, 0.05) is 113 Å². The van der Waals surface area contributed by atoms with Gasteiger partial charge in [-0.25, -0.2) is 0 Å². The molecule has 0 unspecified atom stereocenters. The van der Waals surface area contributed by atoms with Crippen LogP contribution in [0.4, 0.5) is 17.1 Å². The molecule has 0 spiro atoms. The highest BCUT2D eigenvalue weighted by atomic mass is 16.5. The Kier molecular flexibility index (Phi) is 14.0. The maximum atomic E-state index is 14.4. The highest BCUT2D eigenvalue weighted by Crippen LogP contribution is 2.42. The SMILES string of the molecule is CN1CCN(c2ccc(C3=CN4C(=O)c5cc6c(cc5CC[C@@H]4C3)OCCCOc3cc4c(cc3OCCCCCCCCO6)C(=O)N3C=C(c5ccc(N6CCN(C)CC6)cc5)C[C@H]3C=N4)cc2)CC1. The van der Waals surface area contributed by atoms with Crippen LogP contribution in [0.1, 0.15) is 102 Å². The molecule has 372 valence electrons. The fourth-order valence-corrected chi connectivity index (χ4v) is 11.2. The fraction of sp³-hybridized carbons (Fsp3) is 0.466. The summed E-state index contributed by atoms with van der Waals surface area (Å²) in [6.07, 6.45) is 15.8. The Balaban J connectivity index is 0.762. The zero-order chi connectivity index (χ0) is 48.3. The van der Waals surface area contributed by atoms with E-state index >= 15 is 0 Å². The van der Waals surface area contributed by atoms with Crippen LogP contribution in [0.5, 0.6) is 23.0 Å². The van der Waals surface area contributed by atoms with Crippen LogP contribution in [0, 0.1) is 0 Å². The third-order valence-corrected chi connectivity index (χ3v) is 15.6. The molecule has 4 aromatic rings. The second-order valence-corrected chi connectivity index (χ2v) is 20.5. The first kappa shape index (κ1) is 47.0. The molecule has 4 aromatic carbocycles. The number of hydrogen-bond acceptors (Lipinski definition) is 11. The molecule has 0 saturated carbocycles. The van der Waals surface area contributed by atoms with E-state index in [0.717, 1.165) is 127 Å². The van der Waals surface area contributed by atoms with Crippen LogP contribution in [-0.4, -0.2) is 143 Å². The maximum absolute atomic E-state index is 14.4. The van der Waals surface area contributed by atoms with E-state index in [4.69, 9.17) is 23.9 Å². The standard InChI is InChI=1S/C58H69N7O6/c1-60-20-24-62(25-21-60)46-15-10-41(11-16-46)44-32-48-19-14-43-34-53-54(35-50(43)57(66)64(48)39-44)68-28-7-5-3-4-6-8-29-69-55-36-51-52(37-56(55)71-31-9-30-70-53)59-38-49-33-45(40-65(49)58(51)67)42-12-17-47(18-13-42)63-26-22-61(2)23-27-63/h10-13,15-18,34-40,48-49H,3-9,14,19-33H2,1-2H3/t48-,49+/m1/s1. The van der Waals surface area contributed by atoms with Crippen molar-refractivity contribution in [3.63, 3.8) is 0 Å². The van der Waals surface area contributed by atoms with E-state index in [-0.39, 0.29) is 23.9 Å². The van der Waals surface area contributed by atoms with Crippen molar-refractivity contribution >= 4 is 46.2 Å². The van der Waals surface area contributed by atoms with Crippen molar-refractivity contribution < 1.29 is 28.5 Å². The summed E-state index contributed by atoms with van der Waals surface area (Å²) >= 11 is 0. The second kappa shape index (κ2) is 21.2. The maximum Gasteiger partial charge on any atom is 0.260 e. The van der Waals surface area contributed by atoms with Gasteiger partial charge in [-0.2, -0.15) is 0 Å². The van der Waals surface area contributed by atoms with E-state index in [0.29, 0.717) is 79.1 Å². The number of nitrogens with zero attached hydrogens (tertiary/aromatic N) is 7. The van der Waals surface area contributed by atoms with Gasteiger partial charge in [0.1, 0.15) is 0 Å². The molecule has 2 atom stereocenters. The second-order valence-electron chi connectivity index (χ2n) is 20.5. The molecule has 0 aromatic heterocycles. The van der Waals surface area contributed by atoms with Crippen LogP contribution in [0.15, 0.2) is 90.2 Å². The molecule has 71 heavy (non-hydrogen) atoms. The van der Waals surface area contributed by atoms with E-state index < -0.39 is 0 Å². The van der Waals surface area contributed by atoms with E-state index in [9.17, 15) is 9.59 Å². The molecule has 7 aliphatic rings. The van der Waals surface area contributed by atoms with Crippen LogP contribution >= 0.6 is 0 Å². The van der Waals surface area contributed by atoms with Crippen molar-refractivity contribution in [3.05, 3.63) is 113 Å². The fourth-order valence-electron chi connectivity index (χ4n) is 11.2. The van der Waals surface area contributed by atoms with E-state index in [1.54, 1.807) is 0 Å². The Labute approximate surface area is 419 Å². The highest BCUT2D eigenvalue weighted by molar-refractivity contribution is 6.05. The average molecular weight is 960 g/mol. The van der Waals surface area contributed by atoms with Crippen molar-refractivity contribution in [2.75, 3.05) is 103 Å². The molecule has 0 aliphatic carbocycles. The molecule has 0 bridgehead atoms. The number of ether oxygens (including phenoxy) is 4. The number of hydrogen-bond donors (Lipinski definition) is 0. The van der Waals surface area contributed by atoms with Crippen molar-refractivity contribution in [2.45, 2.75) is 82.7 Å². The van der Waals surface area contributed by atoms with Gasteiger partial charge in [-0.3, -0.25) is 14.6 Å². The van der Waals surface area contributed by atoms with Crippen LogP contribution in [0.3, 0.4) is 0 Å². The number of piperazine rings is 2. The third-order valence-electron chi connectivity index (χ3n) is 15.6. The lowest BCUT2D eigenvalue weighted by molar-refractivity contribution is 0.0785. The van der Waals surface area contributed by atoms with Crippen molar-refractivity contribution in [3.8, 4) is 23.0 Å². The van der Waals surface area contributed by atoms with E-state index in [1.807, 2.05) is 46.5 Å². The Morgan fingerprint density at radius 3 is 1.58 bits per heavy atom. The van der Waals surface area contributed by atoms with Crippen molar-refractivity contribution in [2.24, 2.45) is 4.99 Å². The average Bonchev–Trinajstić information content (AvgIpc) is 3.98. The first-order valence-corrected chi connectivity index (χ1v) is 26.4. The molecule has 13 heteroatoms. The monoisotopic (exact) mass is 960 g/mol. The number of aliphatic imine (C=N–C) groups is 1. The first-order valence-electron chi connectivity index (χ1n) is 26.4. The largest absolute Gasteiger partial charge is 0.490 e. The number of anilines is 2. The number of carbonyl (C=O) groups excluding carboxylic acids is 2. The molecule has 13 nitrogen and oxygen atoms in total. The smallest absolute Gasteiger partial charge is 0.260 e. The van der Waals surface area contributed by atoms with Crippen LogP contribution in [-0.2, 0) is 6.42 Å². The molecule has 7 heterocycles. The number of carbonyl (C=O) groups is 2. The van der Waals surface area contributed by atoms with Gasteiger partial charge in [0.05, 0.1) is 43.7 Å². The Morgan fingerprint density at radius 2 is 0.986 bits per heavy atom. The third kappa shape index (κ3) is 10.4. The lowest BCUT2D eigenvalue weighted by atomic mass is 9.97. The van der Waals surface area contributed by atoms with Gasteiger partial charge >= 0.3 is 0 Å². The van der Waals surface area contributed by atoms with Gasteiger partial charge in [0.15, 0.2) is 23.0 Å². The summed E-state index contributed by atoms with van der Waals surface area (Å²) in [4.78, 5) is 47.1. The van der Waals surface area contributed by atoms with Crippen LogP contribution in [0.2, 0.25) is 0 Å². The summed E-state index contributed by atoms with van der Waals surface area (Å²) in [6.45, 7) is 10.2. The molecule has 2 amide bonds. The van der Waals surface area contributed by atoms with Gasteiger partial charge in [0.25, 0.3) is 11.8 Å². The summed E-state index contributed by atoms with van der Waals surface area (Å²) in [6, 6.07) is 25.3. The number of aryl methyl sites for hydroxylation is 1. The van der Waals surface area contributed by atoms with Crippen molar-refractivity contribution in [1.82, 2.24) is 19.6 Å². The zero-order valence-electron chi connectivity index (χ0n) is 41.7. The highest BCUT2D eigenvalue weighted by Gasteiger charge is 2.36. The molecule has 11 rings (SSSR count). The predicted molar refractivity (Wildman–Crippen MR) is 281 cm³/mol. The lowest BCUT2D eigenvalue weighted by Gasteiger charge is -2.34. The van der Waals surface area contributed by atoms with Gasteiger partial charge in [0.2, 0.25) is 0 Å². The van der Waals surface area contributed by atoms with E-state index in [2.05, 4.69) is 88.4 Å². The van der Waals surface area contributed by atoms with Gasteiger partial charge in [-0.1, -0.05) is 49.9 Å². The van der Waals surface area contributed by atoms with Crippen molar-refractivity contribution in [1.29, 1.82) is 0 Å². The summed E-state index contributed by atoms with van der Waals surface area (Å²) in [7, 11) is 4.36. The number of fused-ring (bicyclic) bond motifs is 6. The van der Waals surface area contributed by atoms with Gasteiger partial charge < -0.3 is 48.3 Å². The number of likely N-dealkylation sites (N-methyl/N-ethyl adjacent to an activating group) is 2. The van der Waals surface area contributed by atoms with Crippen LogP contribution in [0.25, 0.3) is 11.1 Å². The number of benzene rings is 4. The van der Waals surface area contributed by atoms with Gasteiger partial charge in [-0.15, -0.1) is 0 Å². The Hall–Kier alpha value is -6.31. The minimum absolute atomic E-state index is 0.0238. The summed E-state index contributed by atoms with van der Waals surface area (Å²) in [5, 5.41) is 0. The quantitative estimate of drug-likeness (QED) is 0.197. The molecule has 0 radical (unpaired) electrons. The van der Waals surface area contributed by atoms with Crippen LogP contribution < -0.4 is 28.7 Å². The summed E-state index contributed by atoms with van der Waals surface area (Å²) in [5.74, 6) is 2.33. The Bertz CT molecular complexity index is 2670. The predicted octanol–water partition coefficient (Wildman–Crippen LogP) is 9.32. The Morgan fingerprint density at radius 1 is 0.507 bits per heavy atom. The molecule has 7 aliphatic heterocycles. The minimum Gasteiger partial charge on any atom is -0.490 e. The summed E-state index contributed by atoms with van der Waals surface area (Å²) < 4.78 is 25.8. The first-order chi connectivity index (χ1) is 34.8. The molecule has 2 fully saturated rings. The minimum atomic E-state index is -0.178. The topological polar surface area (TPSA) is 103 Å². The lowest BCUT2D eigenvalue weighted by Crippen LogP contribution is -2.44. The molecular formula is C58H69N7O6. The molecule has 0 N–H and O–H groups in total.